The van der Waals surface area contributed by atoms with Gasteiger partial charge in [0.2, 0.25) is 6.29 Å². The lowest BCUT2D eigenvalue weighted by Gasteiger charge is -2.13. The lowest BCUT2D eigenvalue weighted by atomic mass is 10.2. The lowest BCUT2D eigenvalue weighted by molar-refractivity contribution is -0.0814. The Labute approximate surface area is 130 Å². The Balaban J connectivity index is 2.67. The van der Waals surface area contributed by atoms with Crippen LogP contribution in [0.1, 0.15) is 62.5 Å². The van der Waals surface area contributed by atoms with Gasteiger partial charge in [0.15, 0.2) is 5.69 Å². The Morgan fingerprint density at radius 3 is 2.55 bits per heavy atom. The van der Waals surface area contributed by atoms with Crippen LogP contribution in [0.25, 0.3) is 0 Å². The molecule has 1 aromatic rings. The maximum absolute atomic E-state index is 12.1. The first kappa shape index (κ1) is 18.0. The van der Waals surface area contributed by atoms with Crippen LogP contribution in [-0.2, 0) is 27.1 Å². The summed E-state index contributed by atoms with van der Waals surface area (Å²) in [5.41, 5.74) is 0.965. The summed E-state index contributed by atoms with van der Waals surface area (Å²) >= 11 is 0. The molecule has 0 aliphatic carbocycles. The smallest absolute Gasteiger partial charge is 0.435 e. The van der Waals surface area contributed by atoms with E-state index in [-0.39, 0.29) is 12.3 Å². The molecule has 0 amide bonds. The van der Waals surface area contributed by atoms with Gasteiger partial charge in [-0.25, -0.2) is 14.6 Å². The summed E-state index contributed by atoms with van der Waals surface area (Å²) in [5.74, 6) is 0.150. The van der Waals surface area contributed by atoms with E-state index in [1.165, 1.54) is 6.92 Å². The van der Waals surface area contributed by atoms with Crippen LogP contribution in [0.2, 0.25) is 0 Å². The monoisotopic (exact) mass is 312 g/mol. The van der Waals surface area contributed by atoms with Crippen molar-refractivity contribution >= 4 is 12.1 Å². The van der Waals surface area contributed by atoms with Crippen molar-refractivity contribution in [2.45, 2.75) is 59.7 Å². The number of carbonyl (C=O) groups is 2. The molecule has 0 radical (unpaired) electrons. The van der Waals surface area contributed by atoms with Gasteiger partial charge in [0.05, 0.1) is 6.61 Å². The molecule has 7 nitrogen and oxygen atoms in total. The molecular formula is C15H24N2O5. The van der Waals surface area contributed by atoms with E-state index < -0.39 is 18.4 Å². The molecule has 0 saturated heterocycles. The van der Waals surface area contributed by atoms with E-state index in [0.717, 1.165) is 30.8 Å². The number of nitrogens with one attached hydrogen (secondary N) is 1. The second-order valence-corrected chi connectivity index (χ2v) is 4.74. The van der Waals surface area contributed by atoms with E-state index in [1.807, 2.05) is 6.92 Å². The molecule has 1 unspecified atom stereocenters. The van der Waals surface area contributed by atoms with Crippen LogP contribution in [0, 0.1) is 0 Å². The van der Waals surface area contributed by atoms with Crippen molar-refractivity contribution in [3.05, 3.63) is 17.2 Å². The first-order valence-corrected chi connectivity index (χ1v) is 7.63. The molecule has 0 fully saturated rings. The number of aromatic amines is 1. The zero-order chi connectivity index (χ0) is 16.5. The van der Waals surface area contributed by atoms with Crippen molar-refractivity contribution in [2.24, 2.45) is 0 Å². The Morgan fingerprint density at radius 2 is 1.95 bits per heavy atom. The predicted molar refractivity (Wildman–Crippen MR) is 79.6 cm³/mol. The molecule has 0 saturated carbocycles. The normalized spacial score (nSPS) is 11.8. The summed E-state index contributed by atoms with van der Waals surface area (Å²) in [6, 6.07) is 0. The van der Waals surface area contributed by atoms with Crippen molar-refractivity contribution < 1.29 is 23.8 Å². The van der Waals surface area contributed by atoms with Crippen molar-refractivity contribution in [1.29, 1.82) is 0 Å². The summed E-state index contributed by atoms with van der Waals surface area (Å²) in [6.45, 7) is 7.32. The number of hydrogen-bond donors (Lipinski definition) is 1. The number of carbonyl (C=O) groups excluding carboxylic acids is 2. The second kappa shape index (κ2) is 9.07. The van der Waals surface area contributed by atoms with E-state index in [2.05, 4.69) is 21.6 Å². The molecule has 22 heavy (non-hydrogen) atoms. The number of unbranched alkanes of at least 4 members (excludes halogenated alkanes) is 1. The Bertz CT molecular complexity index is 498. The molecule has 1 heterocycles. The number of esters is 1. The van der Waals surface area contributed by atoms with Crippen LogP contribution in [0.3, 0.4) is 0 Å². The summed E-state index contributed by atoms with van der Waals surface area (Å²) in [5, 5.41) is 0. The number of ether oxygens (including phenoxy) is 3. The third kappa shape index (κ3) is 5.38. The van der Waals surface area contributed by atoms with Gasteiger partial charge in [-0.3, -0.25) is 0 Å². The average Bonchev–Trinajstić information content (AvgIpc) is 2.88. The third-order valence-electron chi connectivity index (χ3n) is 2.94. The van der Waals surface area contributed by atoms with Crippen molar-refractivity contribution in [2.75, 3.05) is 6.61 Å². The number of H-pyrrole nitrogens is 1. The van der Waals surface area contributed by atoms with E-state index in [0.29, 0.717) is 6.42 Å². The minimum Gasteiger partial charge on any atom is -0.435 e. The maximum Gasteiger partial charge on any atom is 0.511 e. The van der Waals surface area contributed by atoms with Crippen LogP contribution in [0.5, 0.6) is 0 Å². The number of aryl methyl sites for hydroxylation is 2. The van der Waals surface area contributed by atoms with Gasteiger partial charge in [0, 0.05) is 19.0 Å². The maximum atomic E-state index is 12.1. The Kier molecular flexibility index (Phi) is 7.42. The standard InChI is InChI=1S/C15H24N2O5/c1-5-8-9-12-16-11(6-2)13(17-12)14(18)21-10(4)22-15(19)20-7-3/h10H,5-9H2,1-4H3,(H,16,17). The molecule has 124 valence electrons. The molecule has 0 bridgehead atoms. The summed E-state index contributed by atoms with van der Waals surface area (Å²) in [4.78, 5) is 30.7. The highest BCUT2D eigenvalue weighted by Gasteiger charge is 2.21. The molecule has 1 rings (SSSR count). The third-order valence-corrected chi connectivity index (χ3v) is 2.94. The van der Waals surface area contributed by atoms with Crippen LogP contribution in [0.4, 0.5) is 4.79 Å². The second-order valence-electron chi connectivity index (χ2n) is 4.74. The fourth-order valence-corrected chi connectivity index (χ4v) is 1.87. The number of nitrogens with zero attached hydrogens (tertiary/aromatic N) is 1. The van der Waals surface area contributed by atoms with Crippen LogP contribution in [-0.4, -0.2) is 35.0 Å². The average molecular weight is 312 g/mol. The van der Waals surface area contributed by atoms with Gasteiger partial charge in [-0.15, -0.1) is 0 Å². The fourth-order valence-electron chi connectivity index (χ4n) is 1.87. The van der Waals surface area contributed by atoms with Gasteiger partial charge in [0.1, 0.15) is 5.82 Å². The quantitative estimate of drug-likeness (QED) is 0.586. The topological polar surface area (TPSA) is 90.5 Å². The van der Waals surface area contributed by atoms with Gasteiger partial charge in [-0.1, -0.05) is 20.3 Å². The Hall–Kier alpha value is -2.05. The van der Waals surface area contributed by atoms with E-state index in [1.54, 1.807) is 6.92 Å². The zero-order valence-corrected chi connectivity index (χ0v) is 13.6. The molecule has 1 N–H and O–H groups in total. The van der Waals surface area contributed by atoms with Crippen molar-refractivity contribution in [1.82, 2.24) is 9.97 Å². The minimum atomic E-state index is -1.04. The van der Waals surface area contributed by atoms with E-state index in [9.17, 15) is 9.59 Å². The fraction of sp³-hybridized carbons (Fsp3) is 0.667. The molecule has 1 aromatic heterocycles. The molecule has 0 spiro atoms. The van der Waals surface area contributed by atoms with Gasteiger partial charge >= 0.3 is 12.1 Å². The largest absolute Gasteiger partial charge is 0.511 e. The van der Waals surface area contributed by atoms with E-state index >= 15 is 0 Å². The van der Waals surface area contributed by atoms with Gasteiger partial charge in [-0.2, -0.15) is 0 Å². The summed E-state index contributed by atoms with van der Waals surface area (Å²) in [6.07, 6.45) is 1.55. The van der Waals surface area contributed by atoms with Crippen molar-refractivity contribution in [3.8, 4) is 0 Å². The van der Waals surface area contributed by atoms with Crippen LogP contribution >= 0.6 is 0 Å². The molecule has 1 atom stereocenters. The minimum absolute atomic E-state index is 0.194. The molecule has 0 aromatic carbocycles. The number of imidazole rings is 1. The SMILES string of the molecule is CCCCc1nc(C(=O)OC(C)OC(=O)OCC)c(CC)[nH]1. The van der Waals surface area contributed by atoms with Crippen LogP contribution < -0.4 is 0 Å². The lowest BCUT2D eigenvalue weighted by Crippen LogP contribution is -2.23. The van der Waals surface area contributed by atoms with Gasteiger partial charge in [0.25, 0.3) is 0 Å². The number of hydrogen-bond acceptors (Lipinski definition) is 6. The highest BCUT2D eigenvalue weighted by atomic mass is 16.8. The first-order valence-electron chi connectivity index (χ1n) is 7.63. The van der Waals surface area contributed by atoms with Crippen LogP contribution in [0.15, 0.2) is 0 Å². The van der Waals surface area contributed by atoms with Crippen molar-refractivity contribution in [3.63, 3.8) is 0 Å². The molecule has 0 aliphatic heterocycles. The number of aromatic nitrogens is 2. The highest BCUT2D eigenvalue weighted by molar-refractivity contribution is 5.88. The molecule has 7 heteroatoms. The summed E-state index contributed by atoms with van der Waals surface area (Å²) in [7, 11) is 0. The first-order chi connectivity index (χ1) is 10.5. The predicted octanol–water partition coefficient (Wildman–Crippen LogP) is 2.99. The van der Waals surface area contributed by atoms with E-state index in [4.69, 9.17) is 9.47 Å². The Morgan fingerprint density at radius 1 is 1.23 bits per heavy atom. The molecule has 0 aliphatic rings. The van der Waals surface area contributed by atoms with Gasteiger partial charge < -0.3 is 19.2 Å². The summed E-state index contributed by atoms with van der Waals surface area (Å²) < 4.78 is 14.5. The number of rotatable bonds is 8. The molecular weight excluding hydrogens is 288 g/mol. The zero-order valence-electron chi connectivity index (χ0n) is 13.6. The van der Waals surface area contributed by atoms with Gasteiger partial charge in [-0.05, 0) is 19.8 Å². The highest BCUT2D eigenvalue weighted by Crippen LogP contribution is 2.12.